The predicted octanol–water partition coefficient (Wildman–Crippen LogP) is 2.87. The van der Waals surface area contributed by atoms with Crippen molar-refractivity contribution in [1.82, 2.24) is 0 Å². The Morgan fingerprint density at radius 2 is 1.67 bits per heavy atom. The third kappa shape index (κ3) is 3.08. The molecule has 2 aromatic carbocycles. The fourth-order valence-electron chi connectivity index (χ4n) is 2.53. The third-order valence-corrected chi connectivity index (χ3v) is 3.75. The summed E-state index contributed by atoms with van der Waals surface area (Å²) >= 11 is 0. The van der Waals surface area contributed by atoms with E-state index in [1.54, 1.807) is 45.4 Å². The number of para-hydroxylation sites is 2. The van der Waals surface area contributed by atoms with Crippen molar-refractivity contribution in [2.24, 2.45) is 0 Å². The van der Waals surface area contributed by atoms with E-state index in [1.807, 2.05) is 18.2 Å². The zero-order valence-electron chi connectivity index (χ0n) is 13.7. The van der Waals surface area contributed by atoms with Crippen molar-refractivity contribution >= 4 is 11.6 Å². The average molecular weight is 329 g/mol. The van der Waals surface area contributed by atoms with Crippen LogP contribution in [0.2, 0.25) is 0 Å². The molecule has 1 N–H and O–H groups in total. The molecule has 2 unspecified atom stereocenters. The molecule has 6 heteroatoms. The van der Waals surface area contributed by atoms with Crippen molar-refractivity contribution in [1.29, 1.82) is 0 Å². The molecule has 0 radical (unpaired) electrons. The predicted molar refractivity (Wildman–Crippen MR) is 89.1 cm³/mol. The van der Waals surface area contributed by atoms with Gasteiger partial charge in [-0.2, -0.15) is 0 Å². The summed E-state index contributed by atoms with van der Waals surface area (Å²) < 4.78 is 22.0. The summed E-state index contributed by atoms with van der Waals surface area (Å²) in [5, 5.41) is 2.82. The van der Waals surface area contributed by atoms with Crippen LogP contribution in [0.3, 0.4) is 0 Å². The molecule has 2 atom stereocenters. The monoisotopic (exact) mass is 329 g/mol. The van der Waals surface area contributed by atoms with E-state index in [2.05, 4.69) is 5.32 Å². The number of ether oxygens (including phenoxy) is 4. The van der Waals surface area contributed by atoms with Gasteiger partial charge in [-0.3, -0.25) is 4.79 Å². The van der Waals surface area contributed by atoms with Crippen LogP contribution >= 0.6 is 0 Å². The van der Waals surface area contributed by atoms with Gasteiger partial charge in [0, 0.05) is 11.8 Å². The molecular formula is C18H19NO5. The quantitative estimate of drug-likeness (QED) is 0.934. The van der Waals surface area contributed by atoms with Gasteiger partial charge < -0.3 is 24.3 Å². The van der Waals surface area contributed by atoms with E-state index in [9.17, 15) is 4.79 Å². The molecule has 0 bridgehead atoms. The molecule has 0 spiro atoms. The smallest absolute Gasteiger partial charge is 0.269 e. The zero-order chi connectivity index (χ0) is 17.1. The lowest BCUT2D eigenvalue weighted by atomic mass is 10.1. The lowest BCUT2D eigenvalue weighted by molar-refractivity contribution is -0.128. The number of hydrogen-bond acceptors (Lipinski definition) is 5. The molecule has 1 aliphatic heterocycles. The molecule has 1 aliphatic rings. The highest BCUT2D eigenvalue weighted by Gasteiger charge is 2.34. The van der Waals surface area contributed by atoms with Crippen LogP contribution in [0.1, 0.15) is 6.92 Å². The Morgan fingerprint density at radius 3 is 2.33 bits per heavy atom. The average Bonchev–Trinajstić information content (AvgIpc) is 2.60. The molecule has 0 saturated heterocycles. The largest absolute Gasteiger partial charge is 0.493 e. The third-order valence-electron chi connectivity index (χ3n) is 3.75. The molecule has 126 valence electrons. The molecule has 2 aromatic rings. The summed E-state index contributed by atoms with van der Waals surface area (Å²) in [6, 6.07) is 12.4. The van der Waals surface area contributed by atoms with Crippen LogP contribution < -0.4 is 24.3 Å². The van der Waals surface area contributed by atoms with Gasteiger partial charge in [-0.15, -0.1) is 0 Å². The van der Waals surface area contributed by atoms with Crippen LogP contribution in [-0.4, -0.2) is 32.3 Å². The maximum atomic E-state index is 12.6. The number of methoxy groups -OCH3 is 2. The summed E-state index contributed by atoms with van der Waals surface area (Å²) in [4.78, 5) is 12.6. The number of benzene rings is 2. The summed E-state index contributed by atoms with van der Waals surface area (Å²) in [7, 11) is 3.10. The van der Waals surface area contributed by atoms with Crippen molar-refractivity contribution in [2.45, 2.75) is 19.1 Å². The summed E-state index contributed by atoms with van der Waals surface area (Å²) in [5.74, 6) is 2.04. The minimum atomic E-state index is -0.743. The van der Waals surface area contributed by atoms with Crippen LogP contribution in [0.5, 0.6) is 23.0 Å². The normalized spacial score (nSPS) is 18.6. The van der Waals surface area contributed by atoms with Crippen molar-refractivity contribution in [3.05, 3.63) is 42.5 Å². The van der Waals surface area contributed by atoms with Crippen LogP contribution in [0, 0.1) is 0 Å². The zero-order valence-corrected chi connectivity index (χ0v) is 13.7. The molecule has 0 aliphatic carbocycles. The Labute approximate surface area is 140 Å². The minimum absolute atomic E-state index is 0.288. The summed E-state index contributed by atoms with van der Waals surface area (Å²) in [5.41, 5.74) is 0.590. The van der Waals surface area contributed by atoms with E-state index in [1.165, 1.54) is 0 Å². The van der Waals surface area contributed by atoms with Gasteiger partial charge in [0.1, 0.15) is 6.10 Å². The molecule has 0 aromatic heterocycles. The lowest BCUT2D eigenvalue weighted by Crippen LogP contribution is -2.46. The van der Waals surface area contributed by atoms with E-state index < -0.39 is 12.2 Å². The van der Waals surface area contributed by atoms with Gasteiger partial charge in [-0.05, 0) is 31.2 Å². The highest BCUT2D eigenvalue weighted by Crippen LogP contribution is 2.34. The number of fused-ring (bicyclic) bond motifs is 1. The van der Waals surface area contributed by atoms with Crippen molar-refractivity contribution in [2.75, 3.05) is 19.5 Å². The number of nitrogens with one attached hydrogen (secondary N) is 1. The number of carbonyl (C=O) groups is 1. The standard InChI is InChI=1S/C18H19NO5/c1-11-17(24-15-7-5-4-6-14(15)23-11)18(20)19-12-8-9-13(21-2)16(10-12)22-3/h4-11,17H,1-3H3,(H,19,20). The molecule has 6 nitrogen and oxygen atoms in total. The van der Waals surface area contributed by atoms with Gasteiger partial charge in [0.25, 0.3) is 5.91 Å². The first kappa shape index (κ1) is 16.0. The number of anilines is 1. The molecular weight excluding hydrogens is 310 g/mol. The van der Waals surface area contributed by atoms with Crippen LogP contribution in [0.4, 0.5) is 5.69 Å². The second kappa shape index (κ2) is 6.70. The Morgan fingerprint density at radius 1 is 1.00 bits per heavy atom. The van der Waals surface area contributed by atoms with Crippen molar-refractivity contribution < 1.29 is 23.7 Å². The first-order valence-corrected chi connectivity index (χ1v) is 7.57. The van der Waals surface area contributed by atoms with Gasteiger partial charge in [-0.1, -0.05) is 12.1 Å². The molecule has 0 saturated carbocycles. The van der Waals surface area contributed by atoms with E-state index in [0.29, 0.717) is 28.7 Å². The molecule has 1 amide bonds. The molecule has 24 heavy (non-hydrogen) atoms. The van der Waals surface area contributed by atoms with Gasteiger partial charge in [0.2, 0.25) is 6.10 Å². The molecule has 1 heterocycles. The Hall–Kier alpha value is -2.89. The number of amides is 1. The second-order valence-electron chi connectivity index (χ2n) is 5.37. The van der Waals surface area contributed by atoms with Crippen LogP contribution in [0.15, 0.2) is 42.5 Å². The van der Waals surface area contributed by atoms with Crippen molar-refractivity contribution in [3.8, 4) is 23.0 Å². The molecule has 0 fully saturated rings. The van der Waals surface area contributed by atoms with E-state index in [4.69, 9.17) is 18.9 Å². The van der Waals surface area contributed by atoms with Crippen LogP contribution in [0.25, 0.3) is 0 Å². The number of carbonyl (C=O) groups excluding carboxylic acids is 1. The summed E-state index contributed by atoms with van der Waals surface area (Å²) in [6.07, 6.45) is -1.15. The lowest BCUT2D eigenvalue weighted by Gasteiger charge is -2.31. The summed E-state index contributed by atoms with van der Waals surface area (Å²) in [6.45, 7) is 1.80. The van der Waals surface area contributed by atoms with Crippen LogP contribution in [-0.2, 0) is 4.79 Å². The van der Waals surface area contributed by atoms with E-state index >= 15 is 0 Å². The van der Waals surface area contributed by atoms with Gasteiger partial charge >= 0.3 is 0 Å². The first-order chi connectivity index (χ1) is 11.6. The highest BCUT2D eigenvalue weighted by atomic mass is 16.6. The highest BCUT2D eigenvalue weighted by molar-refractivity contribution is 5.95. The maximum absolute atomic E-state index is 12.6. The van der Waals surface area contributed by atoms with E-state index in [-0.39, 0.29) is 5.91 Å². The Bertz CT molecular complexity index is 746. The Kier molecular flexibility index (Phi) is 4.46. The molecule has 3 rings (SSSR count). The number of hydrogen-bond donors (Lipinski definition) is 1. The topological polar surface area (TPSA) is 66.0 Å². The fraction of sp³-hybridized carbons (Fsp3) is 0.278. The Balaban J connectivity index is 1.76. The maximum Gasteiger partial charge on any atom is 0.269 e. The van der Waals surface area contributed by atoms with Crippen molar-refractivity contribution in [3.63, 3.8) is 0 Å². The van der Waals surface area contributed by atoms with Gasteiger partial charge in [0.15, 0.2) is 23.0 Å². The number of rotatable bonds is 4. The minimum Gasteiger partial charge on any atom is -0.493 e. The first-order valence-electron chi connectivity index (χ1n) is 7.57. The van der Waals surface area contributed by atoms with E-state index in [0.717, 1.165) is 0 Å². The van der Waals surface area contributed by atoms with Gasteiger partial charge in [-0.25, -0.2) is 0 Å². The SMILES string of the molecule is COc1ccc(NC(=O)C2Oc3ccccc3OC2C)cc1OC. The second-order valence-corrected chi connectivity index (χ2v) is 5.37. The fourth-order valence-corrected chi connectivity index (χ4v) is 2.53. The van der Waals surface area contributed by atoms with Gasteiger partial charge in [0.05, 0.1) is 14.2 Å².